The highest BCUT2D eigenvalue weighted by atomic mass is 79.9. The summed E-state index contributed by atoms with van der Waals surface area (Å²) in [7, 11) is 0. The zero-order valence-corrected chi connectivity index (χ0v) is 9.99. The lowest BCUT2D eigenvalue weighted by Gasteiger charge is -2.14. The van der Waals surface area contributed by atoms with Crippen LogP contribution in [0.25, 0.3) is 0 Å². The van der Waals surface area contributed by atoms with Crippen molar-refractivity contribution < 1.29 is 9.90 Å². The summed E-state index contributed by atoms with van der Waals surface area (Å²) in [5.41, 5.74) is 0. The van der Waals surface area contributed by atoms with Gasteiger partial charge in [0.15, 0.2) is 0 Å². The van der Waals surface area contributed by atoms with Crippen molar-refractivity contribution in [2.45, 2.75) is 12.5 Å². The number of rotatable bonds is 1. The van der Waals surface area contributed by atoms with Crippen LogP contribution in [-0.4, -0.2) is 28.6 Å². The number of amides is 1. The molecule has 1 amide bonds. The van der Waals surface area contributed by atoms with Crippen molar-refractivity contribution >= 4 is 39.3 Å². The van der Waals surface area contributed by atoms with Gasteiger partial charge in [-0.2, -0.15) is 0 Å². The predicted molar refractivity (Wildman–Crippen MR) is 59.9 cm³/mol. The van der Waals surface area contributed by atoms with Crippen LogP contribution in [0.5, 0.6) is 0 Å². The first-order valence-electron chi connectivity index (χ1n) is 4.37. The Labute approximate surface area is 100.0 Å². The maximum Gasteiger partial charge on any atom is 0.230 e. The van der Waals surface area contributed by atoms with Gasteiger partial charge in [0.2, 0.25) is 5.91 Å². The molecule has 1 N–H and O–H groups in total. The normalized spacial score (nSPS) is 21.1. The molecule has 4 nitrogen and oxygen atoms in total. The molecule has 1 aromatic rings. The molecule has 1 aliphatic rings. The second-order valence-electron chi connectivity index (χ2n) is 3.32. The van der Waals surface area contributed by atoms with Gasteiger partial charge in [-0.3, -0.25) is 9.69 Å². The molecule has 2 heterocycles. The maximum atomic E-state index is 11.5. The van der Waals surface area contributed by atoms with E-state index in [-0.39, 0.29) is 18.9 Å². The number of anilines is 1. The number of β-amino-alcohol motifs (C(OH)–C–C–N with tert-alkyl or cyclic N) is 1. The summed E-state index contributed by atoms with van der Waals surface area (Å²) in [6.45, 7) is 0.282. The molecule has 0 aliphatic carbocycles. The number of pyridine rings is 1. The lowest BCUT2D eigenvalue weighted by Crippen LogP contribution is -2.26. The van der Waals surface area contributed by atoms with Crippen molar-refractivity contribution in [1.82, 2.24) is 4.98 Å². The highest BCUT2D eigenvalue weighted by Crippen LogP contribution is 2.27. The lowest BCUT2D eigenvalue weighted by molar-refractivity contribution is -0.117. The molecule has 1 aromatic heterocycles. The molecule has 0 bridgehead atoms. The third-order valence-corrected chi connectivity index (χ3v) is 3.35. The van der Waals surface area contributed by atoms with Gasteiger partial charge in [0, 0.05) is 12.3 Å². The Kier molecular flexibility index (Phi) is 2.95. The van der Waals surface area contributed by atoms with Crippen molar-refractivity contribution in [1.29, 1.82) is 0 Å². The molecule has 0 aromatic carbocycles. The first-order chi connectivity index (χ1) is 7.08. The van der Waals surface area contributed by atoms with Crippen molar-refractivity contribution in [3.63, 3.8) is 0 Å². The third-order valence-electron chi connectivity index (χ3n) is 2.18. The van der Waals surface area contributed by atoms with Crippen molar-refractivity contribution in [2.75, 3.05) is 11.4 Å². The standard InChI is InChI=1S/C9H8BrClN2O2/c10-6-3-12-8(2-7(6)11)13-4-5(14)1-9(13)15/h2-3,5,14H,1,4H2. The van der Waals surface area contributed by atoms with E-state index in [1.807, 2.05) is 0 Å². The summed E-state index contributed by atoms with van der Waals surface area (Å²) in [5.74, 6) is 0.345. The van der Waals surface area contributed by atoms with Crippen molar-refractivity contribution in [3.05, 3.63) is 21.8 Å². The smallest absolute Gasteiger partial charge is 0.230 e. The third kappa shape index (κ3) is 2.14. The number of aromatic nitrogens is 1. The summed E-state index contributed by atoms with van der Waals surface area (Å²) in [4.78, 5) is 17.0. The van der Waals surface area contributed by atoms with Gasteiger partial charge in [0.25, 0.3) is 0 Å². The van der Waals surface area contributed by atoms with Gasteiger partial charge >= 0.3 is 0 Å². The molecule has 0 saturated carbocycles. The monoisotopic (exact) mass is 290 g/mol. The average molecular weight is 292 g/mol. The topological polar surface area (TPSA) is 53.4 Å². The van der Waals surface area contributed by atoms with Crippen LogP contribution in [0.1, 0.15) is 6.42 Å². The Balaban J connectivity index is 2.30. The molecular formula is C9H8BrClN2O2. The predicted octanol–water partition coefficient (Wildman–Crippen LogP) is 1.60. The van der Waals surface area contributed by atoms with Gasteiger partial charge in [-0.25, -0.2) is 4.98 Å². The zero-order chi connectivity index (χ0) is 11.0. The largest absolute Gasteiger partial charge is 0.391 e. The van der Waals surface area contributed by atoms with Crippen LogP contribution in [0.15, 0.2) is 16.7 Å². The van der Waals surface area contributed by atoms with Gasteiger partial charge in [-0.15, -0.1) is 0 Å². The quantitative estimate of drug-likeness (QED) is 0.855. The van der Waals surface area contributed by atoms with Gasteiger partial charge in [0.05, 0.1) is 28.6 Å². The summed E-state index contributed by atoms with van der Waals surface area (Å²) < 4.78 is 0.681. The van der Waals surface area contributed by atoms with E-state index in [1.54, 1.807) is 6.07 Å². The molecule has 2 rings (SSSR count). The highest BCUT2D eigenvalue weighted by molar-refractivity contribution is 9.10. The molecule has 1 saturated heterocycles. The second kappa shape index (κ2) is 4.08. The molecule has 1 aliphatic heterocycles. The number of carbonyl (C=O) groups excluding carboxylic acids is 1. The molecule has 15 heavy (non-hydrogen) atoms. The number of nitrogens with zero attached hydrogens (tertiary/aromatic N) is 2. The summed E-state index contributed by atoms with van der Waals surface area (Å²) in [6, 6.07) is 1.60. The fraction of sp³-hybridized carbons (Fsp3) is 0.333. The number of aliphatic hydroxyl groups is 1. The molecule has 80 valence electrons. The van der Waals surface area contributed by atoms with E-state index in [0.29, 0.717) is 15.3 Å². The van der Waals surface area contributed by atoms with Gasteiger partial charge in [-0.1, -0.05) is 11.6 Å². The maximum absolute atomic E-state index is 11.5. The number of hydrogen-bond acceptors (Lipinski definition) is 3. The second-order valence-corrected chi connectivity index (χ2v) is 4.58. The molecule has 1 fully saturated rings. The van der Waals surface area contributed by atoms with E-state index < -0.39 is 6.10 Å². The molecule has 6 heteroatoms. The minimum absolute atomic E-state index is 0.131. The van der Waals surface area contributed by atoms with Gasteiger partial charge in [-0.05, 0) is 15.9 Å². The molecule has 1 unspecified atom stereocenters. The van der Waals surface area contributed by atoms with Crippen LogP contribution in [0, 0.1) is 0 Å². The number of hydrogen-bond donors (Lipinski definition) is 1. The van der Waals surface area contributed by atoms with Crippen molar-refractivity contribution in [3.8, 4) is 0 Å². The Morgan fingerprint density at radius 3 is 2.93 bits per heavy atom. The molecule has 0 radical (unpaired) electrons. The SMILES string of the molecule is O=C1CC(O)CN1c1cc(Cl)c(Br)cn1. The van der Waals surface area contributed by atoms with E-state index >= 15 is 0 Å². The highest BCUT2D eigenvalue weighted by Gasteiger charge is 2.30. The minimum Gasteiger partial charge on any atom is -0.391 e. The fourth-order valence-corrected chi connectivity index (χ4v) is 1.83. The van der Waals surface area contributed by atoms with E-state index in [4.69, 9.17) is 11.6 Å². The number of halogens is 2. The Morgan fingerprint density at radius 1 is 1.67 bits per heavy atom. The first kappa shape index (κ1) is 10.9. The Bertz CT molecular complexity index is 413. The van der Waals surface area contributed by atoms with E-state index in [2.05, 4.69) is 20.9 Å². The van der Waals surface area contributed by atoms with Crippen LogP contribution in [0.2, 0.25) is 5.02 Å². The summed E-state index contributed by atoms with van der Waals surface area (Å²) in [5, 5.41) is 9.82. The fourth-order valence-electron chi connectivity index (χ4n) is 1.46. The van der Waals surface area contributed by atoms with Crippen LogP contribution in [0.3, 0.4) is 0 Å². The number of aliphatic hydroxyl groups excluding tert-OH is 1. The Hall–Kier alpha value is -0.650. The van der Waals surface area contributed by atoms with E-state index in [1.165, 1.54) is 11.1 Å². The summed E-state index contributed by atoms with van der Waals surface area (Å²) in [6.07, 6.45) is 1.08. The van der Waals surface area contributed by atoms with Crippen LogP contribution < -0.4 is 4.90 Å². The van der Waals surface area contributed by atoms with E-state index in [0.717, 1.165) is 0 Å². The van der Waals surface area contributed by atoms with Gasteiger partial charge < -0.3 is 5.11 Å². The van der Waals surface area contributed by atoms with Crippen LogP contribution in [-0.2, 0) is 4.79 Å². The van der Waals surface area contributed by atoms with Crippen LogP contribution >= 0.6 is 27.5 Å². The summed E-state index contributed by atoms with van der Waals surface area (Å²) >= 11 is 9.11. The van der Waals surface area contributed by atoms with Gasteiger partial charge in [0.1, 0.15) is 5.82 Å². The van der Waals surface area contributed by atoms with Crippen molar-refractivity contribution in [2.24, 2.45) is 0 Å². The van der Waals surface area contributed by atoms with Crippen LogP contribution in [0.4, 0.5) is 5.82 Å². The number of carbonyl (C=O) groups is 1. The minimum atomic E-state index is -0.610. The first-order valence-corrected chi connectivity index (χ1v) is 5.54. The average Bonchev–Trinajstić information content (AvgIpc) is 2.50. The molecule has 0 spiro atoms. The van der Waals surface area contributed by atoms with E-state index in [9.17, 15) is 9.90 Å². The Morgan fingerprint density at radius 2 is 2.40 bits per heavy atom. The zero-order valence-electron chi connectivity index (χ0n) is 7.65. The molecule has 1 atom stereocenters. The molecular weight excluding hydrogens is 283 g/mol. The lowest BCUT2D eigenvalue weighted by atomic mass is 10.3.